The summed E-state index contributed by atoms with van der Waals surface area (Å²) in [5, 5.41) is 9.60. The molecule has 0 aliphatic heterocycles. The Morgan fingerprint density at radius 3 is 3.05 bits per heavy atom. The SMILES string of the molecule is N#CC=CCc1c[nH]c2ncc(-c3ccccn3)cc12. The van der Waals surface area contributed by atoms with E-state index in [1.165, 1.54) is 6.08 Å². The Morgan fingerprint density at radius 1 is 1.30 bits per heavy atom. The Balaban J connectivity index is 2.04. The molecule has 3 aromatic rings. The van der Waals surface area contributed by atoms with Crippen molar-refractivity contribution in [2.75, 3.05) is 0 Å². The summed E-state index contributed by atoms with van der Waals surface area (Å²) in [5.74, 6) is 0. The first-order chi connectivity index (χ1) is 9.88. The second-order valence-electron chi connectivity index (χ2n) is 4.38. The average Bonchev–Trinajstić information content (AvgIpc) is 2.91. The van der Waals surface area contributed by atoms with Gasteiger partial charge in [0, 0.05) is 35.6 Å². The molecular weight excluding hydrogens is 248 g/mol. The van der Waals surface area contributed by atoms with Gasteiger partial charge < -0.3 is 4.98 Å². The van der Waals surface area contributed by atoms with Gasteiger partial charge in [-0.2, -0.15) is 5.26 Å². The number of nitrogens with one attached hydrogen (secondary N) is 1. The molecule has 0 amide bonds. The predicted octanol–water partition coefficient (Wildman–Crippen LogP) is 3.25. The normalized spacial score (nSPS) is 10.9. The Hall–Kier alpha value is -2.93. The first kappa shape index (κ1) is 12.1. The van der Waals surface area contributed by atoms with Crippen LogP contribution in [0.4, 0.5) is 0 Å². The third kappa shape index (κ3) is 2.29. The maximum absolute atomic E-state index is 8.54. The zero-order chi connectivity index (χ0) is 13.8. The fraction of sp³-hybridized carbons (Fsp3) is 0.0625. The van der Waals surface area contributed by atoms with Crippen molar-refractivity contribution in [1.29, 1.82) is 5.26 Å². The van der Waals surface area contributed by atoms with E-state index in [-0.39, 0.29) is 0 Å². The van der Waals surface area contributed by atoms with Crippen molar-refractivity contribution in [2.45, 2.75) is 6.42 Å². The van der Waals surface area contributed by atoms with Crippen LogP contribution in [0.25, 0.3) is 22.3 Å². The molecule has 20 heavy (non-hydrogen) atoms. The summed E-state index contributed by atoms with van der Waals surface area (Å²) in [6.45, 7) is 0. The standard InChI is InChI=1S/C16H12N4/c17-7-3-1-5-12-10-19-16-14(12)9-13(11-20-16)15-6-2-4-8-18-15/h1-4,6,8-11H,5H2,(H,19,20). The van der Waals surface area contributed by atoms with E-state index < -0.39 is 0 Å². The number of pyridine rings is 2. The molecule has 0 aliphatic rings. The van der Waals surface area contributed by atoms with Gasteiger partial charge in [0.25, 0.3) is 0 Å². The van der Waals surface area contributed by atoms with Crippen LogP contribution in [0.15, 0.2) is 55.0 Å². The molecule has 0 aromatic carbocycles. The molecule has 3 aromatic heterocycles. The highest BCUT2D eigenvalue weighted by Crippen LogP contribution is 2.23. The molecule has 0 bridgehead atoms. The van der Waals surface area contributed by atoms with E-state index in [4.69, 9.17) is 5.26 Å². The van der Waals surface area contributed by atoms with Crippen molar-refractivity contribution in [3.05, 3.63) is 60.6 Å². The van der Waals surface area contributed by atoms with Crippen LogP contribution in [0.5, 0.6) is 0 Å². The van der Waals surface area contributed by atoms with Gasteiger partial charge in [-0.25, -0.2) is 4.98 Å². The first-order valence-corrected chi connectivity index (χ1v) is 6.30. The van der Waals surface area contributed by atoms with Gasteiger partial charge in [0.2, 0.25) is 0 Å². The van der Waals surface area contributed by atoms with Crippen molar-refractivity contribution in [2.24, 2.45) is 0 Å². The van der Waals surface area contributed by atoms with Crippen LogP contribution < -0.4 is 0 Å². The molecule has 3 heterocycles. The molecule has 0 unspecified atom stereocenters. The molecule has 1 N–H and O–H groups in total. The third-order valence-corrected chi connectivity index (χ3v) is 3.11. The molecular formula is C16H12N4. The maximum atomic E-state index is 8.54. The molecule has 4 nitrogen and oxygen atoms in total. The lowest BCUT2D eigenvalue weighted by Gasteiger charge is -2.01. The second kappa shape index (κ2) is 5.37. The van der Waals surface area contributed by atoms with Crippen molar-refractivity contribution >= 4 is 11.0 Å². The molecule has 3 rings (SSSR count). The lowest BCUT2D eigenvalue weighted by atomic mass is 10.1. The van der Waals surface area contributed by atoms with E-state index >= 15 is 0 Å². The summed E-state index contributed by atoms with van der Waals surface area (Å²) in [7, 11) is 0. The Labute approximate surface area is 116 Å². The van der Waals surface area contributed by atoms with E-state index in [9.17, 15) is 0 Å². The molecule has 0 aliphatic carbocycles. The monoisotopic (exact) mass is 260 g/mol. The predicted molar refractivity (Wildman–Crippen MR) is 77.8 cm³/mol. The molecule has 0 radical (unpaired) electrons. The van der Waals surface area contributed by atoms with Gasteiger partial charge in [-0.3, -0.25) is 4.98 Å². The summed E-state index contributed by atoms with van der Waals surface area (Å²) < 4.78 is 0. The minimum absolute atomic E-state index is 0.709. The van der Waals surface area contributed by atoms with Gasteiger partial charge in [0.1, 0.15) is 5.65 Å². The Bertz CT molecular complexity index is 794. The summed E-state index contributed by atoms with van der Waals surface area (Å²) in [5.41, 5.74) is 3.87. The third-order valence-electron chi connectivity index (χ3n) is 3.11. The number of H-pyrrole nitrogens is 1. The maximum Gasteiger partial charge on any atom is 0.137 e. The van der Waals surface area contributed by atoms with Crippen LogP contribution in [-0.2, 0) is 6.42 Å². The lowest BCUT2D eigenvalue weighted by molar-refractivity contribution is 1.27. The summed E-state index contributed by atoms with van der Waals surface area (Å²) in [6, 6.07) is 9.89. The van der Waals surface area contributed by atoms with Crippen molar-refractivity contribution in [3.8, 4) is 17.3 Å². The number of rotatable bonds is 3. The van der Waals surface area contributed by atoms with Crippen LogP contribution in [0.1, 0.15) is 5.56 Å². The number of aromatic amines is 1. The smallest absolute Gasteiger partial charge is 0.137 e. The number of hydrogen-bond donors (Lipinski definition) is 1. The number of allylic oxidation sites excluding steroid dienone is 2. The lowest BCUT2D eigenvalue weighted by Crippen LogP contribution is -1.85. The van der Waals surface area contributed by atoms with Gasteiger partial charge in [0.15, 0.2) is 0 Å². The van der Waals surface area contributed by atoms with E-state index in [1.807, 2.05) is 42.7 Å². The van der Waals surface area contributed by atoms with E-state index in [0.29, 0.717) is 6.42 Å². The number of nitrogens with zero attached hydrogens (tertiary/aromatic N) is 3. The summed E-state index contributed by atoms with van der Waals surface area (Å²) >= 11 is 0. The fourth-order valence-corrected chi connectivity index (χ4v) is 2.14. The van der Waals surface area contributed by atoms with Crippen molar-refractivity contribution in [3.63, 3.8) is 0 Å². The van der Waals surface area contributed by atoms with E-state index in [2.05, 4.69) is 21.0 Å². The largest absolute Gasteiger partial charge is 0.346 e. The van der Waals surface area contributed by atoms with E-state index in [0.717, 1.165) is 27.9 Å². The summed E-state index contributed by atoms with van der Waals surface area (Å²) in [4.78, 5) is 11.9. The zero-order valence-electron chi connectivity index (χ0n) is 10.7. The highest BCUT2D eigenvalue weighted by atomic mass is 14.8. The van der Waals surface area contributed by atoms with E-state index in [1.54, 1.807) is 6.20 Å². The van der Waals surface area contributed by atoms with Crippen LogP contribution in [0.2, 0.25) is 0 Å². The van der Waals surface area contributed by atoms with Gasteiger partial charge >= 0.3 is 0 Å². The number of fused-ring (bicyclic) bond motifs is 1. The van der Waals surface area contributed by atoms with Crippen LogP contribution in [-0.4, -0.2) is 15.0 Å². The topological polar surface area (TPSA) is 65.4 Å². The molecule has 0 atom stereocenters. The first-order valence-electron chi connectivity index (χ1n) is 6.30. The quantitative estimate of drug-likeness (QED) is 0.735. The number of hydrogen-bond acceptors (Lipinski definition) is 3. The minimum atomic E-state index is 0.709. The number of nitriles is 1. The molecule has 0 saturated carbocycles. The zero-order valence-corrected chi connectivity index (χ0v) is 10.7. The molecule has 0 fully saturated rings. The van der Waals surface area contributed by atoms with Crippen LogP contribution in [0, 0.1) is 11.3 Å². The fourth-order valence-electron chi connectivity index (χ4n) is 2.14. The number of aromatic nitrogens is 3. The van der Waals surface area contributed by atoms with Crippen molar-refractivity contribution < 1.29 is 0 Å². The van der Waals surface area contributed by atoms with Gasteiger partial charge in [-0.1, -0.05) is 12.1 Å². The molecule has 0 spiro atoms. The van der Waals surface area contributed by atoms with Crippen LogP contribution in [0.3, 0.4) is 0 Å². The highest BCUT2D eigenvalue weighted by Gasteiger charge is 2.06. The highest BCUT2D eigenvalue weighted by molar-refractivity contribution is 5.84. The average molecular weight is 260 g/mol. The van der Waals surface area contributed by atoms with Gasteiger partial charge in [-0.05, 0) is 30.2 Å². The summed E-state index contributed by atoms with van der Waals surface area (Å²) in [6.07, 6.45) is 9.57. The van der Waals surface area contributed by atoms with Crippen molar-refractivity contribution in [1.82, 2.24) is 15.0 Å². The van der Waals surface area contributed by atoms with Crippen LogP contribution >= 0.6 is 0 Å². The molecule has 0 saturated heterocycles. The Kier molecular flexibility index (Phi) is 3.25. The van der Waals surface area contributed by atoms with Gasteiger partial charge in [0.05, 0.1) is 11.8 Å². The molecule has 4 heteroatoms. The minimum Gasteiger partial charge on any atom is -0.346 e. The van der Waals surface area contributed by atoms with Gasteiger partial charge in [-0.15, -0.1) is 0 Å². The second-order valence-corrected chi connectivity index (χ2v) is 4.38. The Morgan fingerprint density at radius 2 is 2.25 bits per heavy atom. The molecule has 96 valence electrons.